The summed E-state index contributed by atoms with van der Waals surface area (Å²) < 4.78 is 0. The van der Waals surface area contributed by atoms with Gasteiger partial charge in [-0.15, -0.1) is 0 Å². The van der Waals surface area contributed by atoms with Crippen molar-refractivity contribution >= 4 is 12.0 Å². The van der Waals surface area contributed by atoms with Gasteiger partial charge >= 0.3 is 0 Å². The van der Waals surface area contributed by atoms with E-state index in [0.29, 0.717) is 0 Å². The van der Waals surface area contributed by atoms with Crippen molar-refractivity contribution in [3.8, 4) is 0 Å². The Labute approximate surface area is 127 Å². The van der Waals surface area contributed by atoms with Crippen molar-refractivity contribution in [2.24, 2.45) is 5.92 Å². The molecule has 1 aromatic rings. The molecule has 0 aliphatic carbocycles. The summed E-state index contributed by atoms with van der Waals surface area (Å²) in [7, 11) is 0. The quantitative estimate of drug-likeness (QED) is 0.795. The molecule has 3 nitrogen and oxygen atoms in total. The highest BCUT2D eigenvalue weighted by Gasteiger charge is 2.23. The second kappa shape index (κ2) is 6.61. The van der Waals surface area contributed by atoms with Crippen LogP contribution in [0, 0.1) is 12.8 Å². The summed E-state index contributed by atoms with van der Waals surface area (Å²) in [6, 6.07) is 6.05. The zero-order chi connectivity index (χ0) is 14.7. The molecule has 0 aromatic heterocycles. The molecule has 0 spiro atoms. The van der Waals surface area contributed by atoms with Gasteiger partial charge in [-0.2, -0.15) is 0 Å². The van der Waals surface area contributed by atoms with Crippen LogP contribution in [0.2, 0.25) is 0 Å². The number of anilines is 1. The fourth-order valence-electron chi connectivity index (χ4n) is 3.79. The standard InChI is InChI=1S/C18H26N2O/c1-15-12-17(14-21)4-5-18(15)20-10-6-16(7-11-20)13-19-8-2-3-9-19/h4-5,12,14,16H,2-3,6-11,13H2,1H3. The SMILES string of the molecule is Cc1cc(C=O)ccc1N1CCC(CN2CCCC2)CC1. The third-order valence-electron chi connectivity index (χ3n) is 5.03. The van der Waals surface area contributed by atoms with Gasteiger partial charge in [0.2, 0.25) is 0 Å². The lowest BCUT2D eigenvalue weighted by Gasteiger charge is -2.36. The van der Waals surface area contributed by atoms with Gasteiger partial charge in [0.15, 0.2) is 0 Å². The summed E-state index contributed by atoms with van der Waals surface area (Å²) >= 11 is 0. The lowest BCUT2D eigenvalue weighted by molar-refractivity contribution is 0.112. The van der Waals surface area contributed by atoms with Crippen LogP contribution < -0.4 is 4.90 Å². The molecule has 0 unspecified atom stereocenters. The fraction of sp³-hybridized carbons (Fsp3) is 0.611. The Hall–Kier alpha value is -1.35. The largest absolute Gasteiger partial charge is 0.371 e. The lowest BCUT2D eigenvalue weighted by Crippen LogP contribution is -2.38. The number of rotatable bonds is 4. The zero-order valence-electron chi connectivity index (χ0n) is 13.1. The molecule has 0 saturated carbocycles. The smallest absolute Gasteiger partial charge is 0.150 e. The number of carbonyl (C=O) groups is 1. The van der Waals surface area contributed by atoms with E-state index in [-0.39, 0.29) is 0 Å². The second-order valence-corrected chi connectivity index (χ2v) is 6.60. The zero-order valence-corrected chi connectivity index (χ0v) is 13.1. The van der Waals surface area contributed by atoms with Crippen LogP contribution in [-0.2, 0) is 0 Å². The number of aryl methyl sites for hydroxylation is 1. The number of benzene rings is 1. The summed E-state index contributed by atoms with van der Waals surface area (Å²) in [6.07, 6.45) is 6.30. The molecule has 114 valence electrons. The predicted octanol–water partition coefficient (Wildman–Crippen LogP) is 3.12. The van der Waals surface area contributed by atoms with E-state index in [1.54, 1.807) is 0 Å². The average molecular weight is 286 g/mol. The molecule has 21 heavy (non-hydrogen) atoms. The Bertz CT molecular complexity index is 486. The number of aldehydes is 1. The molecule has 2 aliphatic rings. The molecular weight excluding hydrogens is 260 g/mol. The maximum atomic E-state index is 10.8. The van der Waals surface area contributed by atoms with Gasteiger partial charge in [0.1, 0.15) is 6.29 Å². The summed E-state index contributed by atoms with van der Waals surface area (Å²) in [5, 5.41) is 0. The van der Waals surface area contributed by atoms with Crippen LogP contribution in [0.3, 0.4) is 0 Å². The van der Waals surface area contributed by atoms with Gasteiger partial charge in [-0.3, -0.25) is 4.79 Å². The summed E-state index contributed by atoms with van der Waals surface area (Å²) in [4.78, 5) is 16.0. The average Bonchev–Trinajstić information content (AvgIpc) is 3.01. The lowest BCUT2D eigenvalue weighted by atomic mass is 9.95. The predicted molar refractivity (Wildman–Crippen MR) is 87.2 cm³/mol. The van der Waals surface area contributed by atoms with E-state index in [0.717, 1.165) is 30.9 Å². The minimum atomic E-state index is 0.778. The number of hydrogen-bond acceptors (Lipinski definition) is 3. The van der Waals surface area contributed by atoms with E-state index in [2.05, 4.69) is 22.8 Å². The molecule has 2 saturated heterocycles. The van der Waals surface area contributed by atoms with E-state index >= 15 is 0 Å². The van der Waals surface area contributed by atoms with E-state index in [9.17, 15) is 4.79 Å². The summed E-state index contributed by atoms with van der Waals surface area (Å²) in [6.45, 7) is 8.34. The summed E-state index contributed by atoms with van der Waals surface area (Å²) in [5.41, 5.74) is 3.30. The number of nitrogens with zero attached hydrogens (tertiary/aromatic N) is 2. The highest BCUT2D eigenvalue weighted by atomic mass is 16.1. The third-order valence-corrected chi connectivity index (χ3v) is 5.03. The molecule has 3 rings (SSSR count). The Morgan fingerprint density at radius 1 is 1.14 bits per heavy atom. The van der Waals surface area contributed by atoms with Gasteiger partial charge in [0.25, 0.3) is 0 Å². The Morgan fingerprint density at radius 2 is 1.86 bits per heavy atom. The Morgan fingerprint density at radius 3 is 2.48 bits per heavy atom. The van der Waals surface area contributed by atoms with Crippen LogP contribution in [0.5, 0.6) is 0 Å². The second-order valence-electron chi connectivity index (χ2n) is 6.60. The van der Waals surface area contributed by atoms with E-state index in [4.69, 9.17) is 0 Å². The molecule has 0 radical (unpaired) electrons. The van der Waals surface area contributed by atoms with Crippen molar-refractivity contribution in [1.29, 1.82) is 0 Å². The normalized spacial score (nSPS) is 20.9. The fourth-order valence-corrected chi connectivity index (χ4v) is 3.79. The molecule has 0 atom stereocenters. The van der Waals surface area contributed by atoms with Gasteiger partial charge in [-0.1, -0.05) is 0 Å². The highest BCUT2D eigenvalue weighted by Crippen LogP contribution is 2.27. The first-order valence-corrected chi connectivity index (χ1v) is 8.29. The van der Waals surface area contributed by atoms with Crippen molar-refractivity contribution in [2.45, 2.75) is 32.6 Å². The molecule has 0 bridgehead atoms. The van der Waals surface area contributed by atoms with Crippen molar-refractivity contribution in [1.82, 2.24) is 4.90 Å². The minimum absolute atomic E-state index is 0.778. The minimum Gasteiger partial charge on any atom is -0.371 e. The number of hydrogen-bond donors (Lipinski definition) is 0. The topological polar surface area (TPSA) is 23.6 Å². The Balaban J connectivity index is 1.56. The van der Waals surface area contributed by atoms with E-state index in [1.807, 2.05) is 12.1 Å². The van der Waals surface area contributed by atoms with Gasteiger partial charge in [-0.05, 0) is 75.4 Å². The van der Waals surface area contributed by atoms with Crippen molar-refractivity contribution < 1.29 is 4.79 Å². The maximum Gasteiger partial charge on any atom is 0.150 e. The maximum absolute atomic E-state index is 10.8. The van der Waals surface area contributed by atoms with Crippen LogP contribution in [0.1, 0.15) is 41.6 Å². The molecule has 2 fully saturated rings. The third kappa shape index (κ3) is 3.46. The first kappa shape index (κ1) is 14.6. The first-order valence-electron chi connectivity index (χ1n) is 8.29. The molecule has 1 aromatic carbocycles. The van der Waals surface area contributed by atoms with Crippen molar-refractivity contribution in [3.63, 3.8) is 0 Å². The highest BCUT2D eigenvalue weighted by molar-refractivity contribution is 5.77. The van der Waals surface area contributed by atoms with Crippen LogP contribution in [0.15, 0.2) is 18.2 Å². The molecule has 3 heteroatoms. The number of carbonyl (C=O) groups excluding carboxylic acids is 1. The van der Waals surface area contributed by atoms with E-state index < -0.39 is 0 Å². The summed E-state index contributed by atoms with van der Waals surface area (Å²) in [5.74, 6) is 0.869. The van der Waals surface area contributed by atoms with Crippen LogP contribution in [-0.4, -0.2) is 43.9 Å². The van der Waals surface area contributed by atoms with E-state index in [1.165, 1.54) is 56.6 Å². The van der Waals surface area contributed by atoms with Gasteiger partial charge in [0, 0.05) is 30.9 Å². The Kier molecular flexibility index (Phi) is 4.59. The van der Waals surface area contributed by atoms with Gasteiger partial charge < -0.3 is 9.80 Å². The van der Waals surface area contributed by atoms with Crippen molar-refractivity contribution in [2.75, 3.05) is 37.6 Å². The molecular formula is C18H26N2O. The molecule has 0 amide bonds. The molecule has 2 heterocycles. The number of likely N-dealkylation sites (tertiary alicyclic amines) is 1. The molecule has 2 aliphatic heterocycles. The van der Waals surface area contributed by atoms with Crippen LogP contribution in [0.4, 0.5) is 5.69 Å². The monoisotopic (exact) mass is 286 g/mol. The van der Waals surface area contributed by atoms with Gasteiger partial charge in [-0.25, -0.2) is 0 Å². The first-order chi connectivity index (χ1) is 10.3. The number of piperidine rings is 1. The van der Waals surface area contributed by atoms with Crippen molar-refractivity contribution in [3.05, 3.63) is 29.3 Å². The van der Waals surface area contributed by atoms with Crippen LogP contribution in [0.25, 0.3) is 0 Å². The molecule has 0 N–H and O–H groups in total. The van der Waals surface area contributed by atoms with Crippen LogP contribution >= 0.6 is 0 Å². The van der Waals surface area contributed by atoms with Gasteiger partial charge in [0.05, 0.1) is 0 Å².